The predicted octanol–water partition coefficient (Wildman–Crippen LogP) is 1.10. The summed E-state index contributed by atoms with van der Waals surface area (Å²) >= 11 is 0. The lowest BCUT2D eigenvalue weighted by Crippen LogP contribution is -2.66. The number of carbonyl (C=O) groups is 2. The lowest BCUT2D eigenvalue weighted by atomic mass is 9.91. The molecular formula is C14H20N4O2. The van der Waals surface area contributed by atoms with E-state index in [1.807, 2.05) is 27.0 Å². The molecule has 6 heteroatoms. The summed E-state index contributed by atoms with van der Waals surface area (Å²) in [6, 6.07) is 0.229. The molecule has 1 aliphatic carbocycles. The van der Waals surface area contributed by atoms with Crippen molar-refractivity contribution in [2.45, 2.75) is 45.2 Å². The molecule has 1 aromatic rings. The first-order valence-electron chi connectivity index (χ1n) is 7.09. The number of rotatable bonds is 3. The van der Waals surface area contributed by atoms with Crippen LogP contribution in [0.4, 0.5) is 5.69 Å². The predicted molar refractivity (Wildman–Crippen MR) is 74.2 cm³/mol. The van der Waals surface area contributed by atoms with Gasteiger partial charge in [-0.05, 0) is 39.5 Å². The van der Waals surface area contributed by atoms with Gasteiger partial charge in [-0.2, -0.15) is 5.10 Å². The minimum Gasteiger partial charge on any atom is -0.340 e. The van der Waals surface area contributed by atoms with Gasteiger partial charge in [-0.15, -0.1) is 0 Å². The molecule has 1 saturated heterocycles. The summed E-state index contributed by atoms with van der Waals surface area (Å²) in [4.78, 5) is 26.2. The van der Waals surface area contributed by atoms with Gasteiger partial charge in [0.15, 0.2) is 0 Å². The zero-order valence-corrected chi connectivity index (χ0v) is 12.1. The maximum atomic E-state index is 12.7. The summed E-state index contributed by atoms with van der Waals surface area (Å²) in [5.74, 6) is 0.140. The van der Waals surface area contributed by atoms with Crippen LogP contribution in [0.3, 0.4) is 0 Å². The van der Waals surface area contributed by atoms with E-state index in [1.165, 1.54) is 0 Å². The maximum absolute atomic E-state index is 12.7. The molecular weight excluding hydrogens is 256 g/mol. The molecule has 1 N–H and O–H groups in total. The van der Waals surface area contributed by atoms with Gasteiger partial charge in [0.05, 0.1) is 11.9 Å². The van der Waals surface area contributed by atoms with E-state index >= 15 is 0 Å². The molecule has 0 spiro atoms. The molecule has 3 rings (SSSR count). The highest BCUT2D eigenvalue weighted by Gasteiger charge is 2.53. The Morgan fingerprint density at radius 1 is 1.40 bits per heavy atom. The first kappa shape index (κ1) is 13.1. The van der Waals surface area contributed by atoms with E-state index in [-0.39, 0.29) is 30.3 Å². The molecule has 2 heterocycles. The Kier molecular flexibility index (Phi) is 2.84. The third-order valence-electron chi connectivity index (χ3n) is 4.21. The third-order valence-corrected chi connectivity index (χ3v) is 4.21. The van der Waals surface area contributed by atoms with Crippen LogP contribution in [0.25, 0.3) is 0 Å². The quantitative estimate of drug-likeness (QED) is 0.898. The fourth-order valence-electron chi connectivity index (χ4n) is 2.77. The fourth-order valence-corrected chi connectivity index (χ4v) is 2.77. The van der Waals surface area contributed by atoms with E-state index in [1.54, 1.807) is 15.8 Å². The van der Waals surface area contributed by atoms with Crippen molar-refractivity contribution in [1.29, 1.82) is 0 Å². The van der Waals surface area contributed by atoms with Crippen molar-refractivity contribution in [3.05, 3.63) is 12.4 Å². The van der Waals surface area contributed by atoms with E-state index in [2.05, 4.69) is 10.4 Å². The summed E-state index contributed by atoms with van der Waals surface area (Å²) in [7, 11) is 0. The van der Waals surface area contributed by atoms with Crippen molar-refractivity contribution >= 4 is 17.5 Å². The molecule has 1 aromatic heterocycles. The first-order chi connectivity index (χ1) is 9.41. The van der Waals surface area contributed by atoms with Gasteiger partial charge < -0.3 is 5.32 Å². The Labute approximate surface area is 118 Å². The van der Waals surface area contributed by atoms with E-state index in [9.17, 15) is 9.59 Å². The topological polar surface area (TPSA) is 67.2 Å². The molecule has 0 radical (unpaired) electrons. The number of hydrogen-bond donors (Lipinski definition) is 1. The number of aromatic nitrogens is 2. The number of anilines is 1. The number of nitrogens with one attached hydrogen (secondary N) is 1. The Balaban J connectivity index is 1.91. The lowest BCUT2D eigenvalue weighted by molar-refractivity contribution is -0.136. The molecule has 1 aliphatic heterocycles. The molecule has 6 nitrogen and oxygen atoms in total. The second-order valence-corrected chi connectivity index (χ2v) is 6.19. The minimum absolute atomic E-state index is 0.0251. The summed E-state index contributed by atoms with van der Waals surface area (Å²) in [6.07, 6.45) is 5.49. The molecule has 2 aliphatic rings. The molecule has 1 atom stereocenters. The Morgan fingerprint density at radius 3 is 2.65 bits per heavy atom. The van der Waals surface area contributed by atoms with Crippen molar-refractivity contribution in [3.8, 4) is 0 Å². The second-order valence-electron chi connectivity index (χ2n) is 6.19. The largest absolute Gasteiger partial charge is 0.340 e. The van der Waals surface area contributed by atoms with Gasteiger partial charge in [0.25, 0.3) is 5.91 Å². The van der Waals surface area contributed by atoms with E-state index in [0.29, 0.717) is 5.69 Å². The van der Waals surface area contributed by atoms with Crippen LogP contribution >= 0.6 is 0 Å². The van der Waals surface area contributed by atoms with Gasteiger partial charge in [0, 0.05) is 12.2 Å². The van der Waals surface area contributed by atoms with Crippen molar-refractivity contribution in [2.75, 3.05) is 11.4 Å². The van der Waals surface area contributed by atoms with E-state index in [4.69, 9.17) is 0 Å². The van der Waals surface area contributed by atoms with Gasteiger partial charge in [-0.1, -0.05) is 0 Å². The zero-order chi connectivity index (χ0) is 14.5. The monoisotopic (exact) mass is 276 g/mol. The lowest BCUT2D eigenvalue weighted by Gasteiger charge is -2.39. The van der Waals surface area contributed by atoms with Gasteiger partial charge in [-0.3, -0.25) is 19.2 Å². The third kappa shape index (κ3) is 1.99. The Morgan fingerprint density at radius 2 is 2.10 bits per heavy atom. The van der Waals surface area contributed by atoms with Crippen LogP contribution in [-0.2, 0) is 9.59 Å². The van der Waals surface area contributed by atoms with Gasteiger partial charge in [0.2, 0.25) is 5.91 Å². The second kappa shape index (κ2) is 4.33. The highest BCUT2D eigenvalue weighted by molar-refractivity contribution is 6.09. The number of amides is 2. The van der Waals surface area contributed by atoms with E-state index < -0.39 is 5.54 Å². The summed E-state index contributed by atoms with van der Waals surface area (Å²) in [5.41, 5.74) is -0.0552. The summed E-state index contributed by atoms with van der Waals surface area (Å²) < 4.78 is 1.80. The first-order valence-corrected chi connectivity index (χ1v) is 7.09. The Hall–Kier alpha value is -1.85. The van der Waals surface area contributed by atoms with Crippen LogP contribution < -0.4 is 10.2 Å². The standard InChI is InChI=1S/C14H20N4O2/c1-9(2)18-7-11(6-15-18)17-8-12(19)16-14(3,13(17)20)10-4-5-10/h6-7,9-10H,4-5,8H2,1-3H3,(H,16,19). The molecule has 0 aromatic carbocycles. The molecule has 2 fully saturated rings. The molecule has 2 amide bonds. The highest BCUT2D eigenvalue weighted by Crippen LogP contribution is 2.42. The average Bonchev–Trinajstić information content (AvgIpc) is 3.12. The van der Waals surface area contributed by atoms with Crippen LogP contribution in [0.15, 0.2) is 12.4 Å². The van der Waals surface area contributed by atoms with Crippen LogP contribution in [0, 0.1) is 5.92 Å². The number of hydrogen-bond acceptors (Lipinski definition) is 3. The maximum Gasteiger partial charge on any atom is 0.253 e. The van der Waals surface area contributed by atoms with Crippen molar-refractivity contribution in [3.63, 3.8) is 0 Å². The number of piperazine rings is 1. The summed E-state index contributed by atoms with van der Waals surface area (Å²) in [6.45, 7) is 5.96. The van der Waals surface area contributed by atoms with Crippen molar-refractivity contribution in [2.24, 2.45) is 5.92 Å². The highest BCUT2D eigenvalue weighted by atomic mass is 16.2. The smallest absolute Gasteiger partial charge is 0.253 e. The van der Waals surface area contributed by atoms with Gasteiger partial charge >= 0.3 is 0 Å². The normalized spacial score (nSPS) is 27.1. The molecule has 1 unspecified atom stereocenters. The molecule has 0 bridgehead atoms. The van der Waals surface area contributed by atoms with Crippen LogP contribution in [-0.4, -0.2) is 33.7 Å². The minimum atomic E-state index is -0.755. The fraction of sp³-hybridized carbons (Fsp3) is 0.643. The van der Waals surface area contributed by atoms with Crippen molar-refractivity contribution < 1.29 is 9.59 Å². The summed E-state index contributed by atoms with van der Waals surface area (Å²) in [5, 5.41) is 7.13. The number of nitrogens with zero attached hydrogens (tertiary/aromatic N) is 3. The van der Waals surface area contributed by atoms with Gasteiger partial charge in [-0.25, -0.2) is 0 Å². The van der Waals surface area contributed by atoms with Crippen LogP contribution in [0.5, 0.6) is 0 Å². The number of carbonyl (C=O) groups excluding carboxylic acids is 2. The van der Waals surface area contributed by atoms with Crippen LogP contribution in [0.2, 0.25) is 0 Å². The molecule has 20 heavy (non-hydrogen) atoms. The Bertz CT molecular complexity index is 561. The molecule has 1 saturated carbocycles. The zero-order valence-electron chi connectivity index (χ0n) is 12.1. The molecule has 108 valence electrons. The van der Waals surface area contributed by atoms with Crippen LogP contribution in [0.1, 0.15) is 39.7 Å². The SMILES string of the molecule is CC(C)n1cc(N2CC(=O)NC(C)(C3CC3)C2=O)cn1. The van der Waals surface area contributed by atoms with Crippen molar-refractivity contribution in [1.82, 2.24) is 15.1 Å². The van der Waals surface area contributed by atoms with E-state index in [0.717, 1.165) is 12.8 Å². The average molecular weight is 276 g/mol. The van der Waals surface area contributed by atoms with Gasteiger partial charge in [0.1, 0.15) is 12.1 Å².